The molecule has 0 heterocycles. The van der Waals surface area contributed by atoms with Gasteiger partial charge in [0, 0.05) is 12.6 Å². The van der Waals surface area contributed by atoms with Crippen LogP contribution < -0.4 is 16.6 Å². The van der Waals surface area contributed by atoms with Crippen LogP contribution >= 0.6 is 0 Å². The lowest BCUT2D eigenvalue weighted by Crippen LogP contribution is -2.55. The van der Waals surface area contributed by atoms with Crippen molar-refractivity contribution in [3.05, 3.63) is 0 Å². The molecule has 1 aliphatic rings. The summed E-state index contributed by atoms with van der Waals surface area (Å²) in [6.45, 7) is 7.47. The molecule has 4 nitrogen and oxygen atoms in total. The Bertz CT molecular complexity index is 202. The summed E-state index contributed by atoms with van der Waals surface area (Å²) in [6.07, 6.45) is 2.26. The molecule has 1 aliphatic carbocycles. The maximum absolute atomic E-state index is 5.38. The number of guanidine groups is 1. The molecule has 0 aliphatic heterocycles. The van der Waals surface area contributed by atoms with Crippen molar-refractivity contribution in [2.45, 2.75) is 39.7 Å². The van der Waals surface area contributed by atoms with Crippen LogP contribution in [-0.4, -0.2) is 18.5 Å². The van der Waals surface area contributed by atoms with E-state index in [0.29, 0.717) is 6.04 Å². The molecule has 0 spiro atoms. The number of nitrogens with one attached hydrogen (secondary N) is 2. The molecule has 1 saturated carbocycles. The predicted molar refractivity (Wildman–Crippen MR) is 59.8 cm³/mol. The number of nitrogens with zero attached hydrogens (tertiary/aromatic N) is 1. The van der Waals surface area contributed by atoms with Crippen molar-refractivity contribution >= 4 is 5.96 Å². The molecule has 3 atom stereocenters. The fourth-order valence-corrected chi connectivity index (χ4v) is 1.75. The molecule has 0 radical (unpaired) electrons. The van der Waals surface area contributed by atoms with Crippen LogP contribution in [0, 0.1) is 11.8 Å². The summed E-state index contributed by atoms with van der Waals surface area (Å²) in [5.74, 6) is 7.64. The van der Waals surface area contributed by atoms with E-state index in [0.717, 1.165) is 30.8 Å². The third kappa shape index (κ3) is 2.61. The first-order valence-electron chi connectivity index (χ1n) is 5.46. The van der Waals surface area contributed by atoms with Gasteiger partial charge in [-0.15, -0.1) is 0 Å². The monoisotopic (exact) mass is 198 g/mol. The van der Waals surface area contributed by atoms with Gasteiger partial charge in [0.25, 0.3) is 0 Å². The number of hydrazine groups is 1. The molecular weight excluding hydrogens is 176 g/mol. The van der Waals surface area contributed by atoms with Crippen LogP contribution in [0.4, 0.5) is 0 Å². The second-order valence-corrected chi connectivity index (χ2v) is 4.20. The molecule has 14 heavy (non-hydrogen) atoms. The highest BCUT2D eigenvalue weighted by Crippen LogP contribution is 2.33. The second-order valence-electron chi connectivity index (χ2n) is 4.20. The fourth-order valence-electron chi connectivity index (χ4n) is 1.75. The van der Waals surface area contributed by atoms with Crippen LogP contribution in [0.5, 0.6) is 0 Å². The molecule has 3 unspecified atom stereocenters. The standard InChI is InChI=1S/C10H22N4/c1-4-5-12-10(14-11)13-9-6-7(2)8(9)3/h7-9H,4-6,11H2,1-3H3,(H2,12,13,14). The number of hydrogen-bond donors (Lipinski definition) is 3. The average molecular weight is 198 g/mol. The van der Waals surface area contributed by atoms with Crippen molar-refractivity contribution in [1.29, 1.82) is 0 Å². The van der Waals surface area contributed by atoms with Crippen molar-refractivity contribution in [3.8, 4) is 0 Å². The average Bonchev–Trinajstić information content (AvgIpc) is 2.22. The summed E-state index contributed by atoms with van der Waals surface area (Å²) in [4.78, 5) is 4.31. The van der Waals surface area contributed by atoms with Crippen LogP contribution in [0.3, 0.4) is 0 Å². The largest absolute Gasteiger partial charge is 0.352 e. The fraction of sp³-hybridized carbons (Fsp3) is 0.900. The van der Waals surface area contributed by atoms with Gasteiger partial charge < -0.3 is 5.32 Å². The zero-order valence-corrected chi connectivity index (χ0v) is 9.38. The molecule has 0 aromatic heterocycles. The van der Waals surface area contributed by atoms with Gasteiger partial charge in [-0.2, -0.15) is 0 Å². The van der Waals surface area contributed by atoms with Crippen LogP contribution in [-0.2, 0) is 0 Å². The first-order valence-corrected chi connectivity index (χ1v) is 5.46. The van der Waals surface area contributed by atoms with Crippen molar-refractivity contribution in [2.24, 2.45) is 22.7 Å². The maximum atomic E-state index is 5.38. The number of rotatable bonds is 3. The van der Waals surface area contributed by atoms with Crippen molar-refractivity contribution in [1.82, 2.24) is 10.7 Å². The first kappa shape index (κ1) is 11.3. The van der Waals surface area contributed by atoms with Gasteiger partial charge in [0.15, 0.2) is 0 Å². The molecule has 0 aromatic carbocycles. The van der Waals surface area contributed by atoms with E-state index in [1.165, 1.54) is 6.42 Å². The molecule has 1 rings (SSSR count). The second kappa shape index (κ2) is 5.20. The lowest BCUT2D eigenvalue weighted by atomic mass is 9.71. The predicted octanol–water partition coefficient (Wildman–Crippen LogP) is 0.850. The highest BCUT2D eigenvalue weighted by molar-refractivity contribution is 5.79. The topological polar surface area (TPSA) is 62.4 Å². The molecule has 4 N–H and O–H groups in total. The number of aliphatic imine (C=N–C) groups is 1. The smallest absolute Gasteiger partial charge is 0.205 e. The van der Waals surface area contributed by atoms with Crippen LogP contribution in [0.2, 0.25) is 0 Å². The molecule has 0 aromatic rings. The Hall–Kier alpha value is -0.770. The van der Waals surface area contributed by atoms with Crippen LogP contribution in [0.1, 0.15) is 33.6 Å². The van der Waals surface area contributed by atoms with Gasteiger partial charge >= 0.3 is 0 Å². The van der Waals surface area contributed by atoms with Gasteiger partial charge in [0.1, 0.15) is 0 Å². The Kier molecular flexibility index (Phi) is 4.20. The zero-order chi connectivity index (χ0) is 10.6. The number of hydrogen-bond acceptors (Lipinski definition) is 2. The molecule has 1 fully saturated rings. The van der Waals surface area contributed by atoms with E-state index >= 15 is 0 Å². The lowest BCUT2D eigenvalue weighted by molar-refractivity contribution is 0.155. The van der Waals surface area contributed by atoms with E-state index in [9.17, 15) is 0 Å². The van der Waals surface area contributed by atoms with Crippen molar-refractivity contribution in [2.75, 3.05) is 6.54 Å². The minimum absolute atomic E-state index is 0.539. The van der Waals surface area contributed by atoms with E-state index in [-0.39, 0.29) is 0 Å². The van der Waals surface area contributed by atoms with Gasteiger partial charge in [0.05, 0.1) is 0 Å². The van der Waals surface area contributed by atoms with Crippen molar-refractivity contribution in [3.63, 3.8) is 0 Å². The highest BCUT2D eigenvalue weighted by Gasteiger charge is 2.34. The van der Waals surface area contributed by atoms with Crippen LogP contribution in [0.25, 0.3) is 0 Å². The molecule has 0 bridgehead atoms. The molecule has 4 heteroatoms. The third-order valence-electron chi connectivity index (χ3n) is 3.11. The van der Waals surface area contributed by atoms with E-state index in [1.54, 1.807) is 0 Å². The summed E-state index contributed by atoms with van der Waals surface area (Å²) >= 11 is 0. The zero-order valence-electron chi connectivity index (χ0n) is 9.38. The SMILES string of the molecule is CCCN=C(NN)NC1CC(C)C1C. The number of nitrogens with two attached hydrogens (primary N) is 1. The summed E-state index contributed by atoms with van der Waals surface area (Å²) in [5, 5.41) is 3.33. The molecule has 0 amide bonds. The molecular formula is C10H22N4. The van der Waals surface area contributed by atoms with Crippen molar-refractivity contribution < 1.29 is 0 Å². The van der Waals surface area contributed by atoms with Gasteiger partial charge in [-0.3, -0.25) is 10.4 Å². The van der Waals surface area contributed by atoms with E-state index in [4.69, 9.17) is 5.84 Å². The maximum Gasteiger partial charge on any atom is 0.205 e. The minimum atomic E-state index is 0.539. The Morgan fingerprint density at radius 1 is 1.50 bits per heavy atom. The molecule has 82 valence electrons. The first-order chi connectivity index (χ1) is 6.69. The van der Waals surface area contributed by atoms with E-state index in [1.807, 2.05) is 0 Å². The van der Waals surface area contributed by atoms with Gasteiger partial charge in [0.2, 0.25) is 5.96 Å². The summed E-state index contributed by atoms with van der Waals surface area (Å²) in [5.41, 5.74) is 2.61. The summed E-state index contributed by atoms with van der Waals surface area (Å²) < 4.78 is 0. The Morgan fingerprint density at radius 3 is 2.64 bits per heavy atom. The lowest BCUT2D eigenvalue weighted by Gasteiger charge is -2.41. The summed E-state index contributed by atoms with van der Waals surface area (Å²) in [6, 6.07) is 0.539. The Labute approximate surface area is 86.3 Å². The molecule has 0 saturated heterocycles. The van der Waals surface area contributed by atoms with Gasteiger partial charge in [-0.25, -0.2) is 5.84 Å². The minimum Gasteiger partial charge on any atom is -0.352 e. The van der Waals surface area contributed by atoms with E-state index < -0.39 is 0 Å². The Morgan fingerprint density at radius 2 is 2.21 bits per heavy atom. The third-order valence-corrected chi connectivity index (χ3v) is 3.11. The van der Waals surface area contributed by atoms with E-state index in [2.05, 4.69) is 36.5 Å². The normalized spacial score (nSPS) is 32.3. The van der Waals surface area contributed by atoms with Gasteiger partial charge in [-0.05, 0) is 24.7 Å². The van der Waals surface area contributed by atoms with Crippen LogP contribution in [0.15, 0.2) is 4.99 Å². The van der Waals surface area contributed by atoms with Gasteiger partial charge in [-0.1, -0.05) is 20.8 Å². The summed E-state index contributed by atoms with van der Waals surface area (Å²) in [7, 11) is 0. The Balaban J connectivity index is 2.34. The quantitative estimate of drug-likeness (QED) is 0.273. The highest BCUT2D eigenvalue weighted by atomic mass is 15.3.